The van der Waals surface area contributed by atoms with E-state index < -0.39 is 0 Å². The Morgan fingerprint density at radius 2 is 1.89 bits per heavy atom. The standard InChI is InChI=1S/C8H17N/c1-6(2)9(4)8-5-7(8)3/h6-8H,5H2,1-4H3/t7-,8-/m0/s1. The topological polar surface area (TPSA) is 3.24 Å². The van der Waals surface area contributed by atoms with Gasteiger partial charge in [0, 0.05) is 12.1 Å². The van der Waals surface area contributed by atoms with Gasteiger partial charge in [0.05, 0.1) is 0 Å². The summed E-state index contributed by atoms with van der Waals surface area (Å²) in [4.78, 5) is 2.46. The first-order valence-corrected chi connectivity index (χ1v) is 3.85. The smallest absolute Gasteiger partial charge is 0.0124 e. The third-order valence-corrected chi connectivity index (χ3v) is 2.40. The molecule has 0 aromatic rings. The van der Waals surface area contributed by atoms with Gasteiger partial charge in [-0.25, -0.2) is 0 Å². The molecule has 0 radical (unpaired) electrons. The van der Waals surface area contributed by atoms with Gasteiger partial charge in [0.1, 0.15) is 0 Å². The Morgan fingerprint density at radius 3 is 2.00 bits per heavy atom. The van der Waals surface area contributed by atoms with Crippen LogP contribution in [-0.2, 0) is 0 Å². The molecule has 1 fully saturated rings. The maximum absolute atomic E-state index is 2.46. The molecule has 1 rings (SSSR count). The zero-order valence-corrected chi connectivity index (χ0v) is 6.89. The van der Waals surface area contributed by atoms with Gasteiger partial charge >= 0.3 is 0 Å². The van der Waals surface area contributed by atoms with Crippen molar-refractivity contribution in [3.8, 4) is 0 Å². The monoisotopic (exact) mass is 127 g/mol. The van der Waals surface area contributed by atoms with Crippen LogP contribution < -0.4 is 0 Å². The Balaban J connectivity index is 2.27. The van der Waals surface area contributed by atoms with Crippen LogP contribution in [0.15, 0.2) is 0 Å². The summed E-state index contributed by atoms with van der Waals surface area (Å²) in [6.45, 7) is 6.83. The second-order valence-corrected chi connectivity index (χ2v) is 3.54. The van der Waals surface area contributed by atoms with Crippen molar-refractivity contribution in [2.45, 2.75) is 39.3 Å². The maximum Gasteiger partial charge on any atom is 0.0124 e. The highest BCUT2D eigenvalue weighted by Crippen LogP contribution is 2.34. The molecular formula is C8H17N. The molecule has 0 bridgehead atoms. The third-order valence-electron chi connectivity index (χ3n) is 2.40. The van der Waals surface area contributed by atoms with Crippen LogP contribution in [0.25, 0.3) is 0 Å². The lowest BCUT2D eigenvalue weighted by molar-refractivity contribution is 0.254. The van der Waals surface area contributed by atoms with Crippen molar-refractivity contribution in [2.24, 2.45) is 5.92 Å². The lowest BCUT2D eigenvalue weighted by Crippen LogP contribution is -2.29. The van der Waals surface area contributed by atoms with E-state index >= 15 is 0 Å². The second kappa shape index (κ2) is 2.30. The third kappa shape index (κ3) is 1.45. The van der Waals surface area contributed by atoms with E-state index in [0.717, 1.165) is 18.0 Å². The molecule has 9 heavy (non-hydrogen) atoms. The van der Waals surface area contributed by atoms with Crippen LogP contribution in [0.1, 0.15) is 27.2 Å². The van der Waals surface area contributed by atoms with Crippen LogP contribution in [0.5, 0.6) is 0 Å². The van der Waals surface area contributed by atoms with Crippen molar-refractivity contribution >= 4 is 0 Å². The van der Waals surface area contributed by atoms with Crippen LogP contribution in [0.2, 0.25) is 0 Å². The molecule has 1 saturated carbocycles. The van der Waals surface area contributed by atoms with Crippen LogP contribution in [0, 0.1) is 5.92 Å². The molecule has 1 aliphatic rings. The zero-order valence-electron chi connectivity index (χ0n) is 6.89. The molecule has 1 nitrogen and oxygen atoms in total. The summed E-state index contributed by atoms with van der Waals surface area (Å²) in [5.41, 5.74) is 0. The highest BCUT2D eigenvalue weighted by atomic mass is 15.2. The summed E-state index contributed by atoms with van der Waals surface area (Å²) >= 11 is 0. The Morgan fingerprint density at radius 1 is 1.44 bits per heavy atom. The SMILES string of the molecule is CC(C)N(C)[C@H]1C[C@@H]1C. The highest BCUT2D eigenvalue weighted by Gasteiger charge is 2.36. The fourth-order valence-corrected chi connectivity index (χ4v) is 1.25. The molecule has 0 heterocycles. The summed E-state index contributed by atoms with van der Waals surface area (Å²) in [6.07, 6.45) is 1.41. The Kier molecular flexibility index (Phi) is 1.80. The molecule has 0 aromatic heterocycles. The lowest BCUT2D eigenvalue weighted by Gasteiger charge is -2.20. The molecule has 0 spiro atoms. The van der Waals surface area contributed by atoms with E-state index in [0.29, 0.717) is 0 Å². The van der Waals surface area contributed by atoms with Crippen molar-refractivity contribution in [1.82, 2.24) is 4.90 Å². The van der Waals surface area contributed by atoms with Crippen molar-refractivity contribution in [3.63, 3.8) is 0 Å². The van der Waals surface area contributed by atoms with Crippen LogP contribution >= 0.6 is 0 Å². The fraction of sp³-hybridized carbons (Fsp3) is 1.00. The molecule has 0 unspecified atom stereocenters. The minimum atomic E-state index is 0.722. The quantitative estimate of drug-likeness (QED) is 0.546. The van der Waals surface area contributed by atoms with Gasteiger partial charge in [-0.1, -0.05) is 6.92 Å². The van der Waals surface area contributed by atoms with E-state index in [9.17, 15) is 0 Å². The molecule has 0 aromatic carbocycles. The van der Waals surface area contributed by atoms with Crippen molar-refractivity contribution in [1.29, 1.82) is 0 Å². The largest absolute Gasteiger partial charge is 0.301 e. The maximum atomic E-state index is 2.46. The first kappa shape index (κ1) is 7.07. The molecule has 54 valence electrons. The second-order valence-electron chi connectivity index (χ2n) is 3.54. The summed E-state index contributed by atoms with van der Waals surface area (Å²) in [7, 11) is 2.22. The molecule has 0 N–H and O–H groups in total. The molecular weight excluding hydrogens is 110 g/mol. The van der Waals surface area contributed by atoms with E-state index in [1.807, 2.05) is 0 Å². The van der Waals surface area contributed by atoms with E-state index in [1.165, 1.54) is 6.42 Å². The molecule has 0 amide bonds. The van der Waals surface area contributed by atoms with Crippen LogP contribution in [0.4, 0.5) is 0 Å². The van der Waals surface area contributed by atoms with Crippen molar-refractivity contribution in [3.05, 3.63) is 0 Å². The first-order chi connectivity index (χ1) is 4.13. The molecule has 0 saturated heterocycles. The average molecular weight is 127 g/mol. The van der Waals surface area contributed by atoms with Gasteiger partial charge in [0.15, 0.2) is 0 Å². The van der Waals surface area contributed by atoms with Crippen molar-refractivity contribution in [2.75, 3.05) is 7.05 Å². The van der Waals surface area contributed by atoms with Gasteiger partial charge in [0.2, 0.25) is 0 Å². The normalized spacial score (nSPS) is 34.0. The number of hydrogen-bond donors (Lipinski definition) is 0. The summed E-state index contributed by atoms with van der Waals surface area (Å²) in [5, 5.41) is 0. The molecule has 2 atom stereocenters. The van der Waals surface area contributed by atoms with Gasteiger partial charge in [-0.15, -0.1) is 0 Å². The predicted octanol–water partition coefficient (Wildman–Crippen LogP) is 1.74. The average Bonchev–Trinajstić information content (AvgIpc) is 2.44. The molecule has 0 aliphatic heterocycles. The Labute approximate surface area is 58.0 Å². The Bertz CT molecular complexity index is 98.7. The number of nitrogens with zero attached hydrogens (tertiary/aromatic N) is 1. The first-order valence-electron chi connectivity index (χ1n) is 3.85. The fourth-order valence-electron chi connectivity index (χ4n) is 1.25. The van der Waals surface area contributed by atoms with Crippen LogP contribution in [0.3, 0.4) is 0 Å². The summed E-state index contributed by atoms with van der Waals surface area (Å²) < 4.78 is 0. The van der Waals surface area contributed by atoms with Gasteiger partial charge in [-0.2, -0.15) is 0 Å². The minimum Gasteiger partial charge on any atom is -0.301 e. The lowest BCUT2D eigenvalue weighted by atomic mass is 10.3. The van der Waals surface area contributed by atoms with E-state index in [-0.39, 0.29) is 0 Å². The van der Waals surface area contributed by atoms with Gasteiger partial charge < -0.3 is 4.90 Å². The van der Waals surface area contributed by atoms with E-state index in [2.05, 4.69) is 32.7 Å². The van der Waals surface area contributed by atoms with Crippen LogP contribution in [-0.4, -0.2) is 24.0 Å². The van der Waals surface area contributed by atoms with Gasteiger partial charge in [0.25, 0.3) is 0 Å². The van der Waals surface area contributed by atoms with Gasteiger partial charge in [-0.3, -0.25) is 0 Å². The van der Waals surface area contributed by atoms with E-state index in [1.54, 1.807) is 0 Å². The minimum absolute atomic E-state index is 0.722. The van der Waals surface area contributed by atoms with Crippen molar-refractivity contribution < 1.29 is 0 Å². The number of hydrogen-bond acceptors (Lipinski definition) is 1. The molecule has 1 heteroatoms. The van der Waals surface area contributed by atoms with Gasteiger partial charge in [-0.05, 0) is 33.2 Å². The number of rotatable bonds is 2. The summed E-state index contributed by atoms with van der Waals surface area (Å²) in [5.74, 6) is 0.956. The summed E-state index contributed by atoms with van der Waals surface area (Å²) in [6, 6.07) is 1.62. The zero-order chi connectivity index (χ0) is 7.02. The molecule has 1 aliphatic carbocycles. The predicted molar refractivity (Wildman–Crippen MR) is 40.5 cm³/mol. The van der Waals surface area contributed by atoms with E-state index in [4.69, 9.17) is 0 Å². The highest BCUT2D eigenvalue weighted by molar-refractivity contribution is 4.91. The Hall–Kier alpha value is -0.0400.